The number of amides is 3. The average Bonchev–Trinajstić information content (AvgIpc) is 2.77. The van der Waals surface area contributed by atoms with Crippen LogP contribution < -0.4 is 20.3 Å². The molecule has 0 radical (unpaired) electrons. The van der Waals surface area contributed by atoms with Crippen molar-refractivity contribution in [2.24, 2.45) is 0 Å². The van der Waals surface area contributed by atoms with Crippen LogP contribution in [0.3, 0.4) is 0 Å². The Labute approximate surface area is 157 Å². The van der Waals surface area contributed by atoms with Crippen molar-refractivity contribution < 1.29 is 28.7 Å². The van der Waals surface area contributed by atoms with Crippen LogP contribution in [0.2, 0.25) is 0 Å². The maximum absolute atomic E-state index is 12.2. The van der Waals surface area contributed by atoms with Gasteiger partial charge in [0.25, 0.3) is 5.91 Å². The second-order valence-electron chi connectivity index (χ2n) is 6.21. The number of carbonyl (C=O) groups is 4. The number of ether oxygens (including phenoxy) is 2. The van der Waals surface area contributed by atoms with Gasteiger partial charge in [-0.1, -0.05) is 12.1 Å². The predicted octanol–water partition coefficient (Wildman–Crippen LogP) is -0.0139. The molecule has 2 N–H and O–H groups in total. The Kier molecular flexibility index (Phi) is 7.16. The molecule has 1 heterocycles. The standard InChI is InChI=1S/C18H23N3O6/c1-12(2)20-15(22)9-19-16(23)11-27-18(25)10-21-13-5-3-4-6-14(13)26-8-7-17(21)24/h3-6,12H,7-11H2,1-2H3,(H,19,23)(H,20,22). The third kappa shape index (κ3) is 6.28. The summed E-state index contributed by atoms with van der Waals surface area (Å²) < 4.78 is 10.4. The van der Waals surface area contributed by atoms with E-state index in [1.807, 2.05) is 0 Å². The van der Waals surface area contributed by atoms with Gasteiger partial charge in [0.2, 0.25) is 11.8 Å². The van der Waals surface area contributed by atoms with Gasteiger partial charge in [-0.05, 0) is 26.0 Å². The molecule has 3 amide bonds. The maximum Gasteiger partial charge on any atom is 0.326 e. The summed E-state index contributed by atoms with van der Waals surface area (Å²) in [7, 11) is 0. The first-order chi connectivity index (χ1) is 12.9. The van der Waals surface area contributed by atoms with Crippen molar-refractivity contribution in [2.75, 3.05) is 31.2 Å². The van der Waals surface area contributed by atoms with Crippen molar-refractivity contribution in [3.05, 3.63) is 24.3 Å². The highest BCUT2D eigenvalue weighted by Gasteiger charge is 2.25. The number of nitrogens with one attached hydrogen (secondary N) is 2. The number of hydrogen-bond acceptors (Lipinski definition) is 6. The molecule has 9 heteroatoms. The lowest BCUT2D eigenvalue weighted by Crippen LogP contribution is -2.41. The number of para-hydroxylation sites is 2. The molecule has 0 fully saturated rings. The maximum atomic E-state index is 12.2. The molecule has 0 bridgehead atoms. The Hall–Kier alpha value is -3.10. The molecule has 0 aromatic heterocycles. The number of esters is 1. The highest BCUT2D eigenvalue weighted by atomic mass is 16.5. The van der Waals surface area contributed by atoms with Gasteiger partial charge in [0.05, 0.1) is 25.3 Å². The zero-order valence-electron chi connectivity index (χ0n) is 15.3. The Morgan fingerprint density at radius 1 is 1.22 bits per heavy atom. The van der Waals surface area contributed by atoms with Gasteiger partial charge in [-0.2, -0.15) is 0 Å². The molecule has 0 spiro atoms. The fourth-order valence-electron chi connectivity index (χ4n) is 2.42. The van der Waals surface area contributed by atoms with Gasteiger partial charge in [0, 0.05) is 6.04 Å². The smallest absolute Gasteiger partial charge is 0.326 e. The summed E-state index contributed by atoms with van der Waals surface area (Å²) in [4.78, 5) is 48.7. The molecule has 2 rings (SSSR count). The number of anilines is 1. The van der Waals surface area contributed by atoms with Crippen LogP contribution in [0, 0.1) is 0 Å². The van der Waals surface area contributed by atoms with Crippen LogP contribution in [-0.4, -0.2) is 56.0 Å². The molecule has 1 aromatic rings. The van der Waals surface area contributed by atoms with Crippen molar-refractivity contribution >= 4 is 29.4 Å². The SMILES string of the molecule is CC(C)NC(=O)CNC(=O)COC(=O)CN1C(=O)CCOc2ccccc21. The summed E-state index contributed by atoms with van der Waals surface area (Å²) in [5, 5.41) is 4.97. The molecular formula is C18H23N3O6. The van der Waals surface area contributed by atoms with E-state index in [0.717, 1.165) is 0 Å². The van der Waals surface area contributed by atoms with Crippen LogP contribution in [0.25, 0.3) is 0 Å². The first-order valence-electron chi connectivity index (χ1n) is 8.60. The van der Waals surface area contributed by atoms with Crippen LogP contribution in [0.1, 0.15) is 20.3 Å². The van der Waals surface area contributed by atoms with E-state index in [-0.39, 0.29) is 44.0 Å². The minimum absolute atomic E-state index is 0.0368. The van der Waals surface area contributed by atoms with Crippen LogP contribution in [-0.2, 0) is 23.9 Å². The van der Waals surface area contributed by atoms with E-state index in [1.165, 1.54) is 4.90 Å². The molecule has 27 heavy (non-hydrogen) atoms. The number of fused-ring (bicyclic) bond motifs is 1. The third-order valence-electron chi connectivity index (χ3n) is 3.58. The molecule has 0 saturated carbocycles. The summed E-state index contributed by atoms with van der Waals surface area (Å²) in [6, 6.07) is 6.85. The van der Waals surface area contributed by atoms with E-state index in [0.29, 0.717) is 11.4 Å². The van der Waals surface area contributed by atoms with E-state index < -0.39 is 18.5 Å². The van der Waals surface area contributed by atoms with Gasteiger partial charge >= 0.3 is 5.97 Å². The molecular weight excluding hydrogens is 354 g/mol. The minimum Gasteiger partial charge on any atom is -0.491 e. The summed E-state index contributed by atoms with van der Waals surface area (Å²) in [6.07, 6.45) is 0.132. The van der Waals surface area contributed by atoms with Gasteiger partial charge in [0.15, 0.2) is 6.61 Å². The van der Waals surface area contributed by atoms with Crippen LogP contribution in [0.4, 0.5) is 5.69 Å². The zero-order chi connectivity index (χ0) is 19.8. The fourth-order valence-corrected chi connectivity index (χ4v) is 2.42. The second-order valence-corrected chi connectivity index (χ2v) is 6.21. The first kappa shape index (κ1) is 20.2. The highest BCUT2D eigenvalue weighted by Crippen LogP contribution is 2.30. The Morgan fingerprint density at radius 3 is 2.70 bits per heavy atom. The molecule has 1 aliphatic rings. The molecule has 1 aromatic carbocycles. The summed E-state index contributed by atoms with van der Waals surface area (Å²) >= 11 is 0. The van der Waals surface area contributed by atoms with E-state index in [9.17, 15) is 19.2 Å². The van der Waals surface area contributed by atoms with Crippen LogP contribution >= 0.6 is 0 Å². The predicted molar refractivity (Wildman–Crippen MR) is 96.2 cm³/mol. The Morgan fingerprint density at radius 2 is 1.96 bits per heavy atom. The summed E-state index contributed by atoms with van der Waals surface area (Å²) in [6.45, 7) is 2.75. The lowest BCUT2D eigenvalue weighted by molar-refractivity contribution is -0.147. The van der Waals surface area contributed by atoms with Crippen LogP contribution in [0.15, 0.2) is 24.3 Å². The van der Waals surface area contributed by atoms with Crippen molar-refractivity contribution in [1.29, 1.82) is 0 Å². The van der Waals surface area contributed by atoms with Crippen molar-refractivity contribution in [1.82, 2.24) is 10.6 Å². The molecule has 0 atom stereocenters. The number of hydrogen-bond donors (Lipinski definition) is 2. The van der Waals surface area contributed by atoms with Gasteiger partial charge in [-0.3, -0.25) is 24.1 Å². The van der Waals surface area contributed by atoms with E-state index in [1.54, 1.807) is 38.1 Å². The molecule has 0 aliphatic carbocycles. The molecule has 0 unspecified atom stereocenters. The first-order valence-corrected chi connectivity index (χ1v) is 8.60. The number of rotatable bonds is 7. The third-order valence-corrected chi connectivity index (χ3v) is 3.58. The topological polar surface area (TPSA) is 114 Å². The van der Waals surface area contributed by atoms with Crippen molar-refractivity contribution in [2.45, 2.75) is 26.3 Å². The molecule has 9 nitrogen and oxygen atoms in total. The van der Waals surface area contributed by atoms with Crippen molar-refractivity contribution in [3.63, 3.8) is 0 Å². The average molecular weight is 377 g/mol. The number of nitrogens with zero attached hydrogens (tertiary/aromatic N) is 1. The Balaban J connectivity index is 1.84. The van der Waals surface area contributed by atoms with Crippen LogP contribution in [0.5, 0.6) is 5.75 Å². The monoisotopic (exact) mass is 377 g/mol. The minimum atomic E-state index is -0.734. The van der Waals surface area contributed by atoms with E-state index in [2.05, 4.69) is 10.6 Å². The number of carbonyl (C=O) groups excluding carboxylic acids is 4. The quantitative estimate of drug-likeness (QED) is 0.646. The lowest BCUT2D eigenvalue weighted by atomic mass is 10.2. The van der Waals surface area contributed by atoms with Gasteiger partial charge in [-0.25, -0.2) is 0 Å². The fraction of sp³-hybridized carbons (Fsp3) is 0.444. The van der Waals surface area contributed by atoms with Crippen molar-refractivity contribution in [3.8, 4) is 5.75 Å². The normalized spacial score (nSPS) is 13.3. The lowest BCUT2D eigenvalue weighted by Gasteiger charge is -2.20. The number of benzene rings is 1. The van der Waals surface area contributed by atoms with E-state index >= 15 is 0 Å². The molecule has 146 valence electrons. The summed E-state index contributed by atoms with van der Waals surface area (Å²) in [5.74, 6) is -1.44. The largest absolute Gasteiger partial charge is 0.491 e. The zero-order valence-corrected chi connectivity index (χ0v) is 15.3. The molecule has 1 aliphatic heterocycles. The van der Waals surface area contributed by atoms with Gasteiger partial charge in [0.1, 0.15) is 12.3 Å². The molecule has 0 saturated heterocycles. The van der Waals surface area contributed by atoms with Gasteiger partial charge < -0.3 is 20.1 Å². The van der Waals surface area contributed by atoms with E-state index in [4.69, 9.17) is 9.47 Å². The Bertz CT molecular complexity index is 719. The summed E-state index contributed by atoms with van der Waals surface area (Å²) in [5.41, 5.74) is 0.478. The highest BCUT2D eigenvalue weighted by molar-refractivity contribution is 5.99. The van der Waals surface area contributed by atoms with Gasteiger partial charge in [-0.15, -0.1) is 0 Å². The second kappa shape index (κ2) is 9.56.